The number of anilines is 2. The maximum Gasteiger partial charge on any atom is 0.433 e. The third kappa shape index (κ3) is 8.01. The molecule has 0 unspecified atom stereocenters. The molecule has 14 nitrogen and oxygen atoms in total. The highest BCUT2D eigenvalue weighted by atomic mass is 35.5. The summed E-state index contributed by atoms with van der Waals surface area (Å²) in [6.45, 7) is 6.91. The zero-order valence-electron chi connectivity index (χ0n) is 42.1. The highest BCUT2D eigenvalue weighted by Crippen LogP contribution is 2.65. The number of sulfonamides is 1. The Morgan fingerprint density at radius 1 is 1.00 bits per heavy atom. The summed E-state index contributed by atoms with van der Waals surface area (Å²) in [6.07, 6.45) is 0.953. The lowest BCUT2D eigenvalue weighted by molar-refractivity contribution is -0.141. The van der Waals surface area contributed by atoms with Crippen LogP contribution in [0.5, 0.6) is 5.75 Å². The van der Waals surface area contributed by atoms with Crippen molar-refractivity contribution in [1.29, 1.82) is 0 Å². The van der Waals surface area contributed by atoms with Crippen molar-refractivity contribution in [1.82, 2.24) is 24.8 Å². The van der Waals surface area contributed by atoms with Gasteiger partial charge in [0.05, 0.1) is 28.2 Å². The quantitative estimate of drug-likeness (QED) is 0.101. The van der Waals surface area contributed by atoms with Crippen LogP contribution in [0.25, 0.3) is 0 Å². The molecule has 20 heteroatoms. The van der Waals surface area contributed by atoms with Gasteiger partial charge in [-0.25, -0.2) is 12.8 Å². The van der Waals surface area contributed by atoms with E-state index in [0.717, 1.165) is 30.9 Å². The minimum Gasteiger partial charge on any atom is -0.487 e. The zero-order valence-corrected chi connectivity index (χ0v) is 43.7. The Morgan fingerprint density at radius 3 is 2.53 bits per heavy atom. The van der Waals surface area contributed by atoms with Crippen LogP contribution in [0, 0.1) is 34.4 Å². The van der Waals surface area contributed by atoms with E-state index in [9.17, 15) is 36.0 Å². The van der Waals surface area contributed by atoms with E-state index >= 15 is 9.18 Å². The molecule has 4 aromatic rings. The van der Waals surface area contributed by atoms with Gasteiger partial charge in [-0.2, -0.15) is 17.5 Å². The van der Waals surface area contributed by atoms with Crippen molar-refractivity contribution >= 4 is 56.6 Å². The molecule has 398 valence electrons. The van der Waals surface area contributed by atoms with Crippen molar-refractivity contribution in [2.45, 2.75) is 131 Å². The van der Waals surface area contributed by atoms with Crippen LogP contribution in [-0.2, 0) is 42.5 Å². The molecular weight excluding hydrogens is 1030 g/mol. The van der Waals surface area contributed by atoms with Crippen LogP contribution in [-0.4, -0.2) is 96.1 Å². The minimum atomic E-state index is -4.72. The van der Waals surface area contributed by atoms with Crippen molar-refractivity contribution in [2.24, 2.45) is 16.7 Å². The van der Waals surface area contributed by atoms with Gasteiger partial charge in [0.2, 0.25) is 27.7 Å². The van der Waals surface area contributed by atoms with E-state index in [1.54, 1.807) is 42.2 Å². The number of carbonyl (C=O) groups is 4. The number of fused-ring (bicyclic) bond motifs is 5. The number of pyridine rings is 1. The standard InChI is InChI=1S/C56H56ClF4N7O7S/c1-31-27-67(51(72)48-46(36-9-5-10-39(57)47(36)58)55(54(65-48)18-6-17-52(2,3)29-54)30-63-40-24-44(56(59,60)61)62-26-38(40)55)41-14-13-34(23-43(41)75-31)76(73,74)66-21-19-53(20-22-66)25-33(53)12-11-32-7-4-8-35-37(32)28-68(50(35)71)42-15-16-45(69)64-49(42)70/h4-5,7-10,13-14,23-24,26,31,33,42,46,48,63,65H,6,15-22,25,27-30H2,1-3H3,(H,64,69,70)/t31-,33-,42+,46+,48-,54+,55-/m1/s1. The van der Waals surface area contributed by atoms with Gasteiger partial charge in [0, 0.05) is 90.0 Å². The molecule has 5 fully saturated rings. The number of hydrogen-bond donors (Lipinski definition) is 3. The molecule has 7 atom stereocenters. The molecule has 7 heterocycles. The monoisotopic (exact) mass is 1080 g/mol. The fraction of sp³-hybridized carbons (Fsp3) is 0.482. The molecule has 0 bridgehead atoms. The maximum atomic E-state index is 16.8. The fourth-order valence-corrected chi connectivity index (χ4v) is 15.9. The molecule has 8 aliphatic rings. The Kier molecular flexibility index (Phi) is 11.8. The number of ether oxygens (including phenoxy) is 1. The van der Waals surface area contributed by atoms with Crippen molar-refractivity contribution in [2.75, 3.05) is 36.4 Å². The first-order chi connectivity index (χ1) is 36.0. The summed E-state index contributed by atoms with van der Waals surface area (Å²) in [5, 5.41) is 9.20. The fourth-order valence-electron chi connectivity index (χ4n) is 14.3. The van der Waals surface area contributed by atoms with Gasteiger partial charge in [0.15, 0.2) is 0 Å². The van der Waals surface area contributed by atoms with Gasteiger partial charge < -0.3 is 19.9 Å². The number of aromatic nitrogens is 1. The van der Waals surface area contributed by atoms with Crippen molar-refractivity contribution < 1.29 is 49.9 Å². The second kappa shape index (κ2) is 17.7. The summed E-state index contributed by atoms with van der Waals surface area (Å²) in [5.74, 6) is 3.65. The van der Waals surface area contributed by atoms with Crippen LogP contribution in [0.3, 0.4) is 0 Å². The number of carbonyl (C=O) groups excluding carboxylic acids is 4. The third-order valence-electron chi connectivity index (χ3n) is 18.0. The summed E-state index contributed by atoms with van der Waals surface area (Å²) in [7, 11) is -4.05. The Balaban J connectivity index is 0.801. The lowest BCUT2D eigenvalue weighted by Crippen LogP contribution is -2.61. The second-order valence-electron chi connectivity index (χ2n) is 23.0. The van der Waals surface area contributed by atoms with E-state index in [1.807, 2.05) is 6.07 Å². The van der Waals surface area contributed by atoms with Gasteiger partial charge in [-0.1, -0.05) is 61.9 Å². The lowest BCUT2D eigenvalue weighted by Gasteiger charge is -2.52. The summed E-state index contributed by atoms with van der Waals surface area (Å²) in [5.41, 5.74) is -0.564. The number of nitrogens with zero attached hydrogens (tertiary/aromatic N) is 4. The normalized spacial score (nSPS) is 29.3. The average molecular weight is 1080 g/mol. The van der Waals surface area contributed by atoms with E-state index < -0.39 is 74.6 Å². The number of nitrogens with one attached hydrogen (secondary N) is 3. The smallest absolute Gasteiger partial charge is 0.433 e. The van der Waals surface area contributed by atoms with Crippen molar-refractivity contribution in [3.8, 4) is 17.6 Å². The van der Waals surface area contributed by atoms with E-state index in [2.05, 4.69) is 46.6 Å². The summed E-state index contributed by atoms with van der Waals surface area (Å²) in [4.78, 5) is 60.5. The number of benzene rings is 3. The first-order valence-electron chi connectivity index (χ1n) is 26.0. The summed E-state index contributed by atoms with van der Waals surface area (Å²) < 4.78 is 96.0. The Hall–Kier alpha value is -6.07. The van der Waals surface area contributed by atoms with Gasteiger partial charge in [0.25, 0.3) is 5.91 Å². The van der Waals surface area contributed by atoms with Gasteiger partial charge in [-0.15, -0.1) is 0 Å². The molecule has 3 N–H and O–H groups in total. The molecule has 0 radical (unpaired) electrons. The molecule has 2 aliphatic carbocycles. The highest BCUT2D eigenvalue weighted by molar-refractivity contribution is 7.89. The Labute approximate surface area is 442 Å². The van der Waals surface area contributed by atoms with Crippen LogP contribution >= 0.6 is 11.6 Å². The van der Waals surface area contributed by atoms with Gasteiger partial charge in [0.1, 0.15) is 29.4 Å². The third-order valence-corrected chi connectivity index (χ3v) is 20.2. The highest BCUT2D eigenvalue weighted by Gasteiger charge is 2.70. The van der Waals surface area contributed by atoms with Crippen molar-refractivity contribution in [3.05, 3.63) is 111 Å². The predicted molar refractivity (Wildman–Crippen MR) is 272 cm³/mol. The molecule has 1 aromatic heterocycles. The lowest BCUT2D eigenvalue weighted by atomic mass is 9.53. The largest absolute Gasteiger partial charge is 0.487 e. The minimum absolute atomic E-state index is 0.00533. The van der Waals surface area contributed by atoms with E-state index in [-0.39, 0.29) is 101 Å². The Bertz CT molecular complexity index is 3360. The molecule has 3 spiro atoms. The number of rotatable bonds is 5. The molecule has 12 rings (SSSR count). The predicted octanol–water partition coefficient (Wildman–Crippen LogP) is 8.07. The van der Waals surface area contributed by atoms with Crippen LogP contribution in [0.1, 0.15) is 123 Å². The van der Waals surface area contributed by atoms with Crippen LogP contribution < -0.4 is 25.6 Å². The van der Waals surface area contributed by atoms with E-state index in [0.29, 0.717) is 48.1 Å². The molecule has 76 heavy (non-hydrogen) atoms. The van der Waals surface area contributed by atoms with Crippen LogP contribution in [0.15, 0.2) is 71.8 Å². The van der Waals surface area contributed by atoms with Crippen molar-refractivity contribution in [3.63, 3.8) is 0 Å². The average Bonchev–Trinajstić information content (AvgIpc) is 3.88. The number of hydrogen-bond acceptors (Lipinski definition) is 10. The van der Waals surface area contributed by atoms with E-state index in [4.69, 9.17) is 16.3 Å². The molecule has 4 amide bonds. The topological polar surface area (TPSA) is 170 Å². The SMILES string of the molecule is C[C@@H]1CN(C(=O)[C@@H]2N[C@]3(CCCC(C)(C)C3)[C@@]3(CNc4cc(C(F)(F)F)ncc43)[C@H]2c2cccc(Cl)c2F)c2ccc(S(=O)(=O)N3CCC4(CC3)C[C@H]4C#Cc3cccc4c3CN([C@H]3CCC(=O)NC3=O)C4=O)cc2O1. The van der Waals surface area contributed by atoms with Gasteiger partial charge >= 0.3 is 6.18 Å². The number of amides is 4. The van der Waals surface area contributed by atoms with E-state index in [1.165, 1.54) is 33.6 Å². The maximum absolute atomic E-state index is 16.8. The molecule has 3 aromatic carbocycles. The van der Waals surface area contributed by atoms with Crippen LogP contribution in [0.2, 0.25) is 5.02 Å². The number of imide groups is 1. The first kappa shape index (κ1) is 50.7. The van der Waals surface area contributed by atoms with Crippen LogP contribution in [0.4, 0.5) is 28.9 Å². The first-order valence-corrected chi connectivity index (χ1v) is 27.8. The Morgan fingerprint density at radius 2 is 1.78 bits per heavy atom. The second-order valence-corrected chi connectivity index (χ2v) is 25.3. The zero-order chi connectivity index (χ0) is 53.5. The summed E-state index contributed by atoms with van der Waals surface area (Å²) in [6, 6.07) is 13.6. The molecular formula is C56H56ClF4N7O7S. The van der Waals surface area contributed by atoms with Gasteiger partial charge in [-0.05, 0) is 110 Å². The number of halogens is 5. The molecule has 6 aliphatic heterocycles. The molecule has 2 saturated carbocycles. The molecule has 3 saturated heterocycles. The number of alkyl halides is 3. The number of piperidine rings is 2. The van der Waals surface area contributed by atoms with Gasteiger partial charge in [-0.3, -0.25) is 34.8 Å². The summed E-state index contributed by atoms with van der Waals surface area (Å²) >= 11 is 6.51.